The Labute approximate surface area is 89.5 Å². The lowest BCUT2D eigenvalue weighted by molar-refractivity contribution is 0.218. The number of fused-ring (bicyclic) bond motifs is 1. The van der Waals surface area contributed by atoms with E-state index in [1.165, 1.54) is 12.8 Å². The van der Waals surface area contributed by atoms with Crippen LogP contribution in [0, 0.1) is 6.92 Å². The van der Waals surface area contributed by atoms with Crippen molar-refractivity contribution in [1.82, 2.24) is 14.9 Å². The molecule has 0 aromatic carbocycles. The van der Waals surface area contributed by atoms with Crippen LogP contribution in [0.1, 0.15) is 42.9 Å². The van der Waals surface area contributed by atoms with E-state index in [0.29, 0.717) is 11.9 Å². The molecule has 3 rings (SSSR count). The van der Waals surface area contributed by atoms with Crippen molar-refractivity contribution in [3.05, 3.63) is 17.1 Å². The maximum atomic E-state index is 5.97. The van der Waals surface area contributed by atoms with Gasteiger partial charge in [-0.25, -0.2) is 9.97 Å². The molecule has 0 saturated heterocycles. The summed E-state index contributed by atoms with van der Waals surface area (Å²) in [5, 5.41) is 0. The zero-order valence-electron chi connectivity index (χ0n) is 9.20. The molecule has 1 aromatic heterocycles. The molecular formula is C11H16N4. The first-order valence-electron chi connectivity index (χ1n) is 5.55. The molecule has 0 radical (unpaired) electrons. The van der Waals surface area contributed by atoms with Gasteiger partial charge in [-0.15, -0.1) is 0 Å². The second-order valence-corrected chi connectivity index (χ2v) is 4.60. The van der Waals surface area contributed by atoms with Crippen LogP contribution < -0.4 is 5.73 Å². The van der Waals surface area contributed by atoms with Crippen molar-refractivity contribution >= 4 is 5.82 Å². The first kappa shape index (κ1) is 9.09. The summed E-state index contributed by atoms with van der Waals surface area (Å²) in [6.07, 6.45) is 2.65. The van der Waals surface area contributed by atoms with Crippen LogP contribution in [0.2, 0.25) is 0 Å². The molecule has 1 unspecified atom stereocenters. The first-order chi connectivity index (χ1) is 7.16. The third kappa shape index (κ3) is 1.32. The molecule has 1 atom stereocenters. The van der Waals surface area contributed by atoms with Crippen LogP contribution in [0.15, 0.2) is 0 Å². The van der Waals surface area contributed by atoms with Gasteiger partial charge in [-0.2, -0.15) is 0 Å². The van der Waals surface area contributed by atoms with Crippen LogP contribution in [0.5, 0.6) is 0 Å². The zero-order chi connectivity index (χ0) is 10.6. The van der Waals surface area contributed by atoms with E-state index in [1.807, 2.05) is 6.92 Å². The van der Waals surface area contributed by atoms with Crippen LogP contribution in [0.25, 0.3) is 0 Å². The van der Waals surface area contributed by atoms with E-state index in [1.54, 1.807) is 0 Å². The van der Waals surface area contributed by atoms with E-state index in [0.717, 1.165) is 29.7 Å². The third-order valence-electron chi connectivity index (χ3n) is 3.43. The van der Waals surface area contributed by atoms with Crippen LogP contribution in [-0.4, -0.2) is 20.9 Å². The molecule has 1 aromatic rings. The van der Waals surface area contributed by atoms with Gasteiger partial charge >= 0.3 is 0 Å². The Bertz CT molecular complexity index is 411. The predicted molar refractivity (Wildman–Crippen MR) is 58.2 cm³/mol. The summed E-state index contributed by atoms with van der Waals surface area (Å²) in [4.78, 5) is 11.2. The minimum atomic E-state index is 0.396. The topological polar surface area (TPSA) is 55.0 Å². The van der Waals surface area contributed by atoms with E-state index in [9.17, 15) is 0 Å². The molecule has 1 fully saturated rings. The maximum Gasteiger partial charge on any atom is 0.132 e. The predicted octanol–water partition coefficient (Wildman–Crippen LogP) is 1.41. The number of nitrogens with zero attached hydrogens (tertiary/aromatic N) is 3. The van der Waals surface area contributed by atoms with Crippen LogP contribution in [0.4, 0.5) is 5.82 Å². The summed E-state index contributed by atoms with van der Waals surface area (Å²) in [6, 6.07) is 1.15. The highest BCUT2D eigenvalue weighted by Crippen LogP contribution is 2.42. The fourth-order valence-corrected chi connectivity index (χ4v) is 2.57. The fraction of sp³-hybridized carbons (Fsp3) is 0.636. The van der Waals surface area contributed by atoms with Crippen molar-refractivity contribution in [3.63, 3.8) is 0 Å². The smallest absolute Gasteiger partial charge is 0.132 e. The van der Waals surface area contributed by atoms with Crippen molar-refractivity contribution in [1.29, 1.82) is 0 Å². The van der Waals surface area contributed by atoms with Gasteiger partial charge in [-0.05, 0) is 26.7 Å². The molecule has 1 aliphatic carbocycles. The summed E-state index contributed by atoms with van der Waals surface area (Å²) in [7, 11) is 0. The van der Waals surface area contributed by atoms with Gasteiger partial charge in [-0.1, -0.05) is 0 Å². The quantitative estimate of drug-likeness (QED) is 0.751. The average Bonchev–Trinajstić information content (AvgIpc) is 2.92. The Morgan fingerprint density at radius 2 is 2.07 bits per heavy atom. The molecular weight excluding hydrogens is 188 g/mol. The lowest BCUT2D eigenvalue weighted by atomic mass is 10.1. The van der Waals surface area contributed by atoms with Crippen molar-refractivity contribution in [2.45, 2.75) is 45.3 Å². The van der Waals surface area contributed by atoms with Gasteiger partial charge in [0.1, 0.15) is 11.6 Å². The number of aryl methyl sites for hydroxylation is 1. The Morgan fingerprint density at radius 1 is 1.33 bits per heavy atom. The molecule has 0 spiro atoms. The molecule has 2 aliphatic rings. The summed E-state index contributed by atoms with van der Waals surface area (Å²) in [5.74, 6) is 1.46. The Hall–Kier alpha value is -1.16. The van der Waals surface area contributed by atoms with Gasteiger partial charge < -0.3 is 5.73 Å². The fourth-order valence-electron chi connectivity index (χ4n) is 2.57. The first-order valence-corrected chi connectivity index (χ1v) is 5.55. The SMILES string of the molecule is Cc1nc(N)c2c(n1)CN(C1CC1)C2C. The Balaban J connectivity index is 2.03. The molecule has 1 saturated carbocycles. The molecule has 1 aliphatic heterocycles. The minimum absolute atomic E-state index is 0.396. The third-order valence-corrected chi connectivity index (χ3v) is 3.43. The van der Waals surface area contributed by atoms with Crippen LogP contribution >= 0.6 is 0 Å². The van der Waals surface area contributed by atoms with E-state index < -0.39 is 0 Å². The van der Waals surface area contributed by atoms with Crippen molar-refractivity contribution in [2.75, 3.05) is 5.73 Å². The van der Waals surface area contributed by atoms with Crippen molar-refractivity contribution in [3.8, 4) is 0 Å². The highest BCUT2D eigenvalue weighted by molar-refractivity contribution is 5.47. The second kappa shape index (κ2) is 2.92. The number of rotatable bonds is 1. The van der Waals surface area contributed by atoms with Crippen molar-refractivity contribution in [2.24, 2.45) is 0 Å². The zero-order valence-corrected chi connectivity index (χ0v) is 9.20. The van der Waals surface area contributed by atoms with Crippen LogP contribution in [-0.2, 0) is 6.54 Å². The van der Waals surface area contributed by atoms with Gasteiger partial charge in [0.25, 0.3) is 0 Å². The summed E-state index contributed by atoms with van der Waals surface area (Å²) in [5.41, 5.74) is 8.27. The second-order valence-electron chi connectivity index (χ2n) is 4.60. The monoisotopic (exact) mass is 204 g/mol. The van der Waals surface area contributed by atoms with Crippen molar-refractivity contribution < 1.29 is 0 Å². The van der Waals surface area contributed by atoms with Gasteiger partial charge in [-0.3, -0.25) is 4.90 Å². The summed E-state index contributed by atoms with van der Waals surface area (Å²) in [6.45, 7) is 5.06. The molecule has 2 N–H and O–H groups in total. The molecule has 0 bridgehead atoms. The summed E-state index contributed by atoms with van der Waals surface area (Å²) < 4.78 is 0. The average molecular weight is 204 g/mol. The number of nitrogen functional groups attached to an aromatic ring is 1. The van der Waals surface area contributed by atoms with E-state index in [4.69, 9.17) is 5.73 Å². The Kier molecular flexibility index (Phi) is 1.77. The number of hydrogen-bond acceptors (Lipinski definition) is 4. The van der Waals surface area contributed by atoms with E-state index in [2.05, 4.69) is 21.8 Å². The van der Waals surface area contributed by atoms with E-state index >= 15 is 0 Å². The van der Waals surface area contributed by atoms with Gasteiger partial charge in [0.15, 0.2) is 0 Å². The van der Waals surface area contributed by atoms with Gasteiger partial charge in [0.2, 0.25) is 0 Å². The van der Waals surface area contributed by atoms with E-state index in [-0.39, 0.29) is 0 Å². The molecule has 0 amide bonds. The molecule has 4 heteroatoms. The number of nitrogens with two attached hydrogens (primary N) is 1. The Morgan fingerprint density at radius 3 is 2.73 bits per heavy atom. The van der Waals surface area contributed by atoms with Crippen LogP contribution in [0.3, 0.4) is 0 Å². The highest BCUT2D eigenvalue weighted by atomic mass is 15.2. The van der Waals surface area contributed by atoms with Gasteiger partial charge in [0, 0.05) is 24.2 Å². The minimum Gasteiger partial charge on any atom is -0.383 e. The number of anilines is 1. The molecule has 2 heterocycles. The number of hydrogen-bond donors (Lipinski definition) is 1. The summed E-state index contributed by atoms with van der Waals surface area (Å²) >= 11 is 0. The lowest BCUT2D eigenvalue weighted by Gasteiger charge is -2.20. The highest BCUT2D eigenvalue weighted by Gasteiger charge is 2.39. The normalized spacial score (nSPS) is 25.6. The van der Waals surface area contributed by atoms with Gasteiger partial charge in [0.05, 0.1) is 5.69 Å². The lowest BCUT2D eigenvalue weighted by Crippen LogP contribution is -2.22. The maximum absolute atomic E-state index is 5.97. The molecule has 4 nitrogen and oxygen atoms in total. The molecule has 15 heavy (non-hydrogen) atoms. The molecule has 80 valence electrons. The number of aromatic nitrogens is 2. The largest absolute Gasteiger partial charge is 0.383 e. The standard InChI is InChI=1S/C11H16N4/c1-6-10-9(5-15(6)8-3-4-8)13-7(2)14-11(10)12/h6,8H,3-5H2,1-2H3,(H2,12,13,14).